The van der Waals surface area contributed by atoms with Crippen LogP contribution in [0.25, 0.3) is 22.0 Å². The molecule has 4 heterocycles. The molecule has 3 fully saturated rings. The van der Waals surface area contributed by atoms with Crippen LogP contribution in [-0.4, -0.2) is 97.1 Å². The van der Waals surface area contributed by atoms with Crippen molar-refractivity contribution < 1.29 is 22.7 Å². The summed E-state index contributed by atoms with van der Waals surface area (Å²) in [5.41, 5.74) is 2.81. The Hall–Kier alpha value is -4.49. The highest BCUT2D eigenvalue weighted by atomic mass is 32.2. The number of carbonyl (C=O) groups excluding carboxylic acids is 1. The van der Waals surface area contributed by atoms with E-state index < -0.39 is 15.6 Å². The first kappa shape index (κ1) is 33.0. The molecule has 2 aromatic heterocycles. The number of pyridine rings is 1. The summed E-state index contributed by atoms with van der Waals surface area (Å²) in [5.74, 6) is 1.19. The van der Waals surface area contributed by atoms with E-state index in [0.717, 1.165) is 42.8 Å². The average molecular weight is 689 g/mol. The third-order valence-electron chi connectivity index (χ3n) is 9.59. The summed E-state index contributed by atoms with van der Waals surface area (Å²) in [6, 6.07) is 15.6. The maximum absolute atomic E-state index is 13.1. The van der Waals surface area contributed by atoms with Crippen LogP contribution in [0.15, 0.2) is 65.7 Å². The van der Waals surface area contributed by atoms with Crippen LogP contribution in [-0.2, 0) is 21.8 Å². The van der Waals surface area contributed by atoms with E-state index in [2.05, 4.69) is 20.9 Å². The molecule has 2 saturated heterocycles. The van der Waals surface area contributed by atoms with Crippen molar-refractivity contribution in [3.63, 3.8) is 0 Å². The highest BCUT2D eigenvalue weighted by molar-refractivity contribution is 7.93. The first-order valence-electron chi connectivity index (χ1n) is 16.8. The number of nitrogens with zero attached hydrogens (tertiary/aromatic N) is 5. The Morgan fingerprint density at radius 1 is 0.980 bits per heavy atom. The number of sulfonamides is 1. The Kier molecular flexibility index (Phi) is 8.38. The van der Waals surface area contributed by atoms with Crippen LogP contribution in [0.4, 0.5) is 16.2 Å². The number of benzene rings is 2. The Morgan fingerprint density at radius 2 is 1.71 bits per heavy atom. The van der Waals surface area contributed by atoms with E-state index in [1.165, 1.54) is 8.87 Å². The second-order valence-electron chi connectivity index (χ2n) is 14.3. The molecule has 7 rings (SSSR count). The number of amides is 1. The van der Waals surface area contributed by atoms with Crippen LogP contribution in [0.5, 0.6) is 11.5 Å². The van der Waals surface area contributed by atoms with Crippen molar-refractivity contribution in [1.82, 2.24) is 19.4 Å². The first-order chi connectivity index (χ1) is 23.3. The molecule has 1 aliphatic carbocycles. The molecule has 49 heavy (non-hydrogen) atoms. The van der Waals surface area contributed by atoms with E-state index in [-0.39, 0.29) is 16.9 Å². The van der Waals surface area contributed by atoms with E-state index in [0.29, 0.717) is 60.2 Å². The number of carbonyl (C=O) groups is 1. The van der Waals surface area contributed by atoms with Gasteiger partial charge in [-0.3, -0.25) is 14.0 Å². The second-order valence-corrected chi connectivity index (χ2v) is 16.5. The molecule has 4 aromatic rings. The van der Waals surface area contributed by atoms with Gasteiger partial charge in [0, 0.05) is 100 Å². The Morgan fingerprint density at radius 3 is 2.41 bits per heavy atom. The highest BCUT2D eigenvalue weighted by Gasteiger charge is 2.39. The number of rotatable bonds is 8. The molecule has 0 unspecified atom stereocenters. The van der Waals surface area contributed by atoms with Gasteiger partial charge in [-0.05, 0) is 70.0 Å². The van der Waals surface area contributed by atoms with E-state index in [9.17, 15) is 18.0 Å². The Labute approximate surface area is 286 Å². The van der Waals surface area contributed by atoms with Gasteiger partial charge < -0.3 is 28.8 Å². The Bertz CT molecular complexity index is 2050. The number of H-pyrrole nitrogens is 1. The lowest BCUT2D eigenvalue weighted by Crippen LogP contribution is -2.63. The van der Waals surface area contributed by atoms with Crippen molar-refractivity contribution in [2.45, 2.75) is 50.5 Å². The molecule has 1 saturated carbocycles. The molecule has 260 valence electrons. The fourth-order valence-corrected chi connectivity index (χ4v) is 8.18. The SMILES string of the molecule is CN(c1ccc(Oc2cccc(N3CC(N4CCN(C(=O)OC(C)(C)C)CC4)C3)c2)c(-c2cn(C)c(=O)c3[nH]ccc23)c1)S(=O)(=O)C1CC1. The predicted molar refractivity (Wildman–Crippen MR) is 191 cm³/mol. The normalized spacial score (nSPS) is 17.7. The van der Waals surface area contributed by atoms with Gasteiger partial charge in [0.2, 0.25) is 10.0 Å². The minimum atomic E-state index is -3.47. The number of aromatic nitrogens is 2. The maximum atomic E-state index is 13.1. The zero-order chi connectivity index (χ0) is 34.7. The number of fused-ring (bicyclic) bond motifs is 1. The molecular formula is C36H44N6O6S. The fraction of sp³-hybridized carbons (Fsp3) is 0.444. The zero-order valence-electron chi connectivity index (χ0n) is 28.7. The van der Waals surface area contributed by atoms with E-state index in [4.69, 9.17) is 9.47 Å². The van der Waals surface area contributed by atoms with Gasteiger partial charge >= 0.3 is 6.09 Å². The quantitative estimate of drug-likeness (QED) is 0.275. The predicted octanol–water partition coefficient (Wildman–Crippen LogP) is 5.00. The molecule has 2 aliphatic heterocycles. The van der Waals surface area contributed by atoms with Crippen LogP contribution < -0.4 is 19.5 Å². The second kappa shape index (κ2) is 12.4. The zero-order valence-corrected chi connectivity index (χ0v) is 29.5. The topological polar surface area (TPSA) is 120 Å². The number of aryl methyl sites for hydroxylation is 1. The van der Waals surface area contributed by atoms with E-state index >= 15 is 0 Å². The van der Waals surface area contributed by atoms with Gasteiger partial charge in [-0.15, -0.1) is 0 Å². The molecule has 0 radical (unpaired) electrons. The molecule has 0 bridgehead atoms. The van der Waals surface area contributed by atoms with Crippen LogP contribution in [0.1, 0.15) is 33.6 Å². The molecule has 12 nitrogen and oxygen atoms in total. The first-order valence-corrected chi connectivity index (χ1v) is 18.3. The molecule has 0 spiro atoms. The van der Waals surface area contributed by atoms with Crippen LogP contribution >= 0.6 is 0 Å². The number of hydrogen-bond donors (Lipinski definition) is 1. The van der Waals surface area contributed by atoms with Crippen LogP contribution in [0.3, 0.4) is 0 Å². The summed E-state index contributed by atoms with van der Waals surface area (Å²) < 4.78 is 41.3. The van der Waals surface area contributed by atoms with Crippen molar-refractivity contribution in [3.05, 3.63) is 71.3 Å². The van der Waals surface area contributed by atoms with Crippen molar-refractivity contribution in [2.24, 2.45) is 7.05 Å². The molecule has 1 amide bonds. The average Bonchev–Trinajstić information content (AvgIpc) is 3.79. The van der Waals surface area contributed by atoms with Gasteiger partial charge in [-0.1, -0.05) is 6.07 Å². The van der Waals surface area contributed by atoms with E-state index in [1.807, 2.05) is 51.1 Å². The van der Waals surface area contributed by atoms with Crippen LogP contribution in [0, 0.1) is 0 Å². The number of nitrogens with one attached hydrogen (secondary N) is 1. The fourth-order valence-electron chi connectivity index (χ4n) is 6.60. The summed E-state index contributed by atoms with van der Waals surface area (Å²) in [5, 5.41) is 0.376. The standard InChI is InChI=1S/C36H44N6O6S/c1-36(2,3)48-35(44)41-17-15-40(16-18-41)26-21-42(22-26)25-7-6-8-27(19-25)47-32-12-9-24(39(5)49(45,46)28-10-11-28)20-30(32)31-23-38(4)34(43)33-29(31)13-14-37-33/h6-9,12-14,19-20,23,26,28,37H,10-11,15-18,21-22H2,1-5H3. The van der Waals surface area contributed by atoms with Gasteiger partial charge in [0.15, 0.2) is 0 Å². The molecule has 2 aromatic carbocycles. The highest BCUT2D eigenvalue weighted by Crippen LogP contribution is 2.41. The summed E-state index contributed by atoms with van der Waals surface area (Å²) in [6.07, 6.45) is 4.59. The maximum Gasteiger partial charge on any atom is 0.410 e. The van der Waals surface area contributed by atoms with Crippen molar-refractivity contribution in [1.29, 1.82) is 0 Å². The number of piperazine rings is 1. The molecular weight excluding hydrogens is 644 g/mol. The lowest BCUT2D eigenvalue weighted by Gasteiger charge is -2.49. The minimum Gasteiger partial charge on any atom is -0.457 e. The molecule has 0 atom stereocenters. The summed E-state index contributed by atoms with van der Waals surface area (Å²) in [4.78, 5) is 35.0. The third kappa shape index (κ3) is 6.61. The number of hydrogen-bond acceptors (Lipinski definition) is 8. The van der Waals surface area contributed by atoms with Gasteiger partial charge in [0.05, 0.1) is 10.9 Å². The lowest BCUT2D eigenvalue weighted by molar-refractivity contribution is 0.00876. The van der Waals surface area contributed by atoms with E-state index in [1.54, 1.807) is 43.5 Å². The van der Waals surface area contributed by atoms with Crippen molar-refractivity contribution >= 4 is 38.4 Å². The smallest absolute Gasteiger partial charge is 0.410 e. The van der Waals surface area contributed by atoms with Crippen molar-refractivity contribution in [3.8, 4) is 22.6 Å². The number of anilines is 2. The third-order valence-corrected chi connectivity index (χ3v) is 11.9. The number of ether oxygens (including phenoxy) is 2. The molecule has 1 N–H and O–H groups in total. The molecule has 13 heteroatoms. The summed E-state index contributed by atoms with van der Waals surface area (Å²) in [6.45, 7) is 10.4. The molecule has 3 aliphatic rings. The van der Waals surface area contributed by atoms with Crippen molar-refractivity contribution in [2.75, 3.05) is 55.5 Å². The minimum absolute atomic E-state index is 0.152. The van der Waals surface area contributed by atoms with Crippen LogP contribution in [0.2, 0.25) is 0 Å². The summed E-state index contributed by atoms with van der Waals surface area (Å²) >= 11 is 0. The van der Waals surface area contributed by atoms with Gasteiger partial charge in [0.25, 0.3) is 5.56 Å². The van der Waals surface area contributed by atoms with Gasteiger partial charge in [-0.25, -0.2) is 13.2 Å². The lowest BCUT2D eigenvalue weighted by atomic mass is 10.0. The Balaban J connectivity index is 1.10. The number of aromatic amines is 1. The monoisotopic (exact) mass is 688 g/mol. The van der Waals surface area contributed by atoms with Gasteiger partial charge in [-0.2, -0.15) is 0 Å². The largest absolute Gasteiger partial charge is 0.457 e. The summed E-state index contributed by atoms with van der Waals surface area (Å²) in [7, 11) is -0.187. The van der Waals surface area contributed by atoms with Gasteiger partial charge in [0.1, 0.15) is 22.6 Å².